The highest BCUT2D eigenvalue weighted by molar-refractivity contribution is 7.75. The lowest BCUT2D eigenvalue weighted by Gasteiger charge is -2.30. The Bertz CT molecular complexity index is 582. The van der Waals surface area contributed by atoms with Gasteiger partial charge in [-0.1, -0.05) is 34.6 Å². The van der Waals surface area contributed by atoms with Gasteiger partial charge in [-0.3, -0.25) is 18.0 Å². The summed E-state index contributed by atoms with van der Waals surface area (Å²) in [6.45, 7) is 9.76. The highest BCUT2D eigenvalue weighted by atomic mass is 32.2. The Balaban J connectivity index is 2.90. The summed E-state index contributed by atoms with van der Waals surface area (Å²) < 4.78 is 21.3. The van der Waals surface area contributed by atoms with Crippen LogP contribution in [0, 0.1) is 11.8 Å². The molecule has 0 aromatic rings. The van der Waals surface area contributed by atoms with Gasteiger partial charge in [0.05, 0.1) is 5.97 Å². The van der Waals surface area contributed by atoms with Crippen LogP contribution in [0.1, 0.15) is 53.9 Å². The molecule has 0 spiro atoms. The largest absolute Gasteiger partial charge is 0.547 e. The van der Waals surface area contributed by atoms with E-state index >= 15 is 0 Å². The van der Waals surface area contributed by atoms with Crippen molar-refractivity contribution in [2.75, 3.05) is 6.54 Å². The molecule has 27 heavy (non-hydrogen) atoms. The second kappa shape index (κ2) is 10.1. The van der Waals surface area contributed by atoms with Crippen molar-refractivity contribution in [3.8, 4) is 0 Å². The fourth-order valence-electron chi connectivity index (χ4n) is 2.68. The van der Waals surface area contributed by atoms with Gasteiger partial charge in [0, 0.05) is 6.54 Å². The summed E-state index contributed by atoms with van der Waals surface area (Å²) in [7, 11) is 0. The van der Waals surface area contributed by atoms with Crippen LogP contribution in [-0.2, 0) is 34.1 Å². The van der Waals surface area contributed by atoms with Gasteiger partial charge in [-0.15, -0.1) is 0 Å². The topological polar surface area (TPSA) is 134 Å². The molecule has 4 atom stereocenters. The minimum Gasteiger partial charge on any atom is -0.547 e. The first-order chi connectivity index (χ1) is 12.5. The molecule has 2 N–H and O–H groups in total. The minimum absolute atomic E-state index is 0.0955. The van der Waals surface area contributed by atoms with E-state index in [0.29, 0.717) is 18.9 Å². The molecule has 0 aromatic carbocycles. The summed E-state index contributed by atoms with van der Waals surface area (Å²) in [6, 6.07) is -0.876. The van der Waals surface area contributed by atoms with Crippen LogP contribution in [0.4, 0.5) is 0 Å². The number of carboxylic acid groups (broad SMARTS) is 1. The molecule has 0 aromatic heterocycles. The van der Waals surface area contributed by atoms with Gasteiger partial charge in [0.25, 0.3) is 5.91 Å². The predicted octanol–water partition coefficient (Wildman–Crippen LogP) is -0.428. The molecule has 0 bridgehead atoms. The van der Waals surface area contributed by atoms with E-state index < -0.39 is 41.0 Å². The molecule has 156 valence electrons. The van der Waals surface area contributed by atoms with Crippen molar-refractivity contribution >= 4 is 29.1 Å². The summed E-state index contributed by atoms with van der Waals surface area (Å²) in [4.78, 5) is 36.6. The van der Waals surface area contributed by atoms with Gasteiger partial charge >= 0.3 is 11.4 Å². The second-order valence-electron chi connectivity index (χ2n) is 7.46. The molecule has 1 saturated heterocycles. The monoisotopic (exact) mass is 405 g/mol. The minimum atomic E-state index is -2.39. The van der Waals surface area contributed by atoms with E-state index in [1.165, 1.54) is 6.92 Å². The normalized spacial score (nSPS) is 26.2. The molecule has 1 aliphatic heterocycles. The quantitative estimate of drug-likeness (QED) is 0.504. The molecule has 1 rings (SSSR count). The predicted molar refractivity (Wildman–Crippen MR) is 96.0 cm³/mol. The first kappa shape index (κ1) is 23.5. The van der Waals surface area contributed by atoms with Crippen molar-refractivity contribution in [1.29, 1.82) is 0 Å². The van der Waals surface area contributed by atoms with Gasteiger partial charge in [0.15, 0.2) is 11.7 Å². The lowest BCUT2D eigenvalue weighted by atomic mass is 9.92. The van der Waals surface area contributed by atoms with Crippen LogP contribution in [0.2, 0.25) is 0 Å². The number of aliphatic carboxylic acids is 1. The zero-order valence-electron chi connectivity index (χ0n) is 16.4. The Labute approximate surface area is 162 Å². The van der Waals surface area contributed by atoms with Crippen LogP contribution in [0.3, 0.4) is 0 Å². The fourth-order valence-corrected chi connectivity index (χ4v) is 3.64. The molecule has 0 radical (unpaired) electrons. The summed E-state index contributed by atoms with van der Waals surface area (Å²) in [5, 5.41) is 16.8. The zero-order valence-corrected chi connectivity index (χ0v) is 17.2. The SMILES string of the molecule is CC[C@]1(C(=O)[O-])OS(=O)O[C@@H]1C(=O)N[C@@H](CC(C)C)C(=O)NCCC(C)C. The summed E-state index contributed by atoms with van der Waals surface area (Å²) in [6.07, 6.45) is -0.725. The molecule has 0 aliphatic carbocycles. The van der Waals surface area contributed by atoms with Gasteiger partial charge in [-0.25, -0.2) is 0 Å². The van der Waals surface area contributed by atoms with E-state index in [1.807, 2.05) is 27.7 Å². The molecular weight excluding hydrogens is 376 g/mol. The number of rotatable bonds is 10. The third-order valence-electron chi connectivity index (χ3n) is 4.28. The van der Waals surface area contributed by atoms with Crippen LogP contribution in [-0.4, -0.2) is 46.3 Å². The Kier molecular flexibility index (Phi) is 8.83. The molecule has 10 heteroatoms. The van der Waals surface area contributed by atoms with Crippen molar-refractivity contribution in [3.63, 3.8) is 0 Å². The van der Waals surface area contributed by atoms with Crippen molar-refractivity contribution in [2.24, 2.45) is 11.8 Å². The number of nitrogens with one attached hydrogen (secondary N) is 2. The standard InChI is InChI=1S/C17H30N2O7S/c1-6-17(16(22)23)13(25-27(24)26-17)15(21)19-12(9-11(4)5)14(20)18-8-7-10(2)3/h10-13H,6-9H2,1-5H3,(H,18,20)(H,19,21)(H,22,23)/p-1/t12-,13+,17-,27?/m0/s1. The smallest absolute Gasteiger partial charge is 0.306 e. The van der Waals surface area contributed by atoms with E-state index in [0.717, 1.165) is 6.42 Å². The number of hydrogen-bond donors (Lipinski definition) is 2. The number of amides is 2. The highest BCUT2D eigenvalue weighted by Gasteiger charge is 2.54. The summed E-state index contributed by atoms with van der Waals surface area (Å²) >= 11 is -2.39. The van der Waals surface area contributed by atoms with E-state index in [9.17, 15) is 23.7 Å². The lowest BCUT2D eigenvalue weighted by Crippen LogP contribution is -2.61. The average molecular weight is 405 g/mol. The molecule has 1 unspecified atom stereocenters. The first-order valence-corrected chi connectivity index (χ1v) is 10.1. The Morgan fingerprint density at radius 2 is 1.81 bits per heavy atom. The van der Waals surface area contributed by atoms with Crippen LogP contribution in [0.5, 0.6) is 0 Å². The Morgan fingerprint density at radius 3 is 2.30 bits per heavy atom. The van der Waals surface area contributed by atoms with E-state index in [1.54, 1.807) is 0 Å². The number of carboxylic acids is 1. The molecule has 1 fully saturated rings. The maximum Gasteiger partial charge on any atom is 0.306 e. The van der Waals surface area contributed by atoms with Crippen molar-refractivity contribution in [1.82, 2.24) is 10.6 Å². The third-order valence-corrected chi connectivity index (χ3v) is 5.07. The first-order valence-electron chi connectivity index (χ1n) is 9.11. The second-order valence-corrected chi connectivity index (χ2v) is 8.23. The third kappa shape index (κ3) is 6.25. The Morgan fingerprint density at radius 1 is 1.19 bits per heavy atom. The van der Waals surface area contributed by atoms with Gasteiger partial charge in [0.2, 0.25) is 5.91 Å². The van der Waals surface area contributed by atoms with Gasteiger partial charge in [-0.05, 0) is 31.1 Å². The number of hydrogen-bond acceptors (Lipinski definition) is 7. The van der Waals surface area contributed by atoms with Gasteiger partial charge in [-0.2, -0.15) is 4.21 Å². The summed E-state index contributed by atoms with van der Waals surface area (Å²) in [5.74, 6) is -2.43. The van der Waals surface area contributed by atoms with Crippen LogP contribution in [0.15, 0.2) is 0 Å². The van der Waals surface area contributed by atoms with Crippen molar-refractivity contribution in [3.05, 3.63) is 0 Å². The van der Waals surface area contributed by atoms with Gasteiger partial charge < -0.3 is 20.5 Å². The molecule has 1 aliphatic rings. The van der Waals surface area contributed by atoms with Gasteiger partial charge in [0.1, 0.15) is 6.04 Å². The fraction of sp³-hybridized carbons (Fsp3) is 0.824. The van der Waals surface area contributed by atoms with E-state index in [2.05, 4.69) is 10.6 Å². The molecular formula is C17H29N2O7S-. The maximum absolute atomic E-state index is 12.6. The number of carbonyl (C=O) groups is 3. The van der Waals surface area contributed by atoms with Crippen LogP contribution < -0.4 is 15.7 Å². The highest BCUT2D eigenvalue weighted by Crippen LogP contribution is 2.32. The zero-order chi connectivity index (χ0) is 20.8. The average Bonchev–Trinajstić information content (AvgIpc) is 2.91. The lowest BCUT2D eigenvalue weighted by molar-refractivity contribution is -0.323. The maximum atomic E-state index is 12.6. The van der Waals surface area contributed by atoms with E-state index in [4.69, 9.17) is 8.37 Å². The van der Waals surface area contributed by atoms with E-state index in [-0.39, 0.29) is 18.2 Å². The molecule has 2 amide bonds. The van der Waals surface area contributed by atoms with Crippen molar-refractivity contribution < 1.29 is 32.1 Å². The molecule has 0 saturated carbocycles. The number of carbonyl (C=O) groups excluding carboxylic acids is 3. The molecule has 1 heterocycles. The molecule has 9 nitrogen and oxygen atoms in total. The van der Waals surface area contributed by atoms with Crippen LogP contribution in [0.25, 0.3) is 0 Å². The summed E-state index contributed by atoms with van der Waals surface area (Å²) in [5.41, 5.74) is -2.16. The Hall–Kier alpha value is -1.52. The van der Waals surface area contributed by atoms with Crippen LogP contribution >= 0.6 is 0 Å². The van der Waals surface area contributed by atoms with Crippen molar-refractivity contribution in [2.45, 2.75) is 71.6 Å².